The zero-order valence-corrected chi connectivity index (χ0v) is 26.7. The number of hydrogen-bond donors (Lipinski definition) is 2. The second-order valence-electron chi connectivity index (χ2n) is 14.2. The van der Waals surface area contributed by atoms with Gasteiger partial charge in [0.1, 0.15) is 5.82 Å². The summed E-state index contributed by atoms with van der Waals surface area (Å²) in [7, 11) is 0. The van der Waals surface area contributed by atoms with E-state index in [0.29, 0.717) is 11.8 Å². The lowest BCUT2D eigenvalue weighted by molar-refractivity contribution is -0.136. The van der Waals surface area contributed by atoms with Gasteiger partial charge in [0.25, 0.3) is 0 Å². The summed E-state index contributed by atoms with van der Waals surface area (Å²) >= 11 is 0. The third-order valence-corrected chi connectivity index (χ3v) is 11.0. The lowest BCUT2D eigenvalue weighted by Crippen LogP contribution is -2.49. The van der Waals surface area contributed by atoms with Crippen LogP contribution in [0.5, 0.6) is 0 Å². The number of aromatic amines is 1. The van der Waals surface area contributed by atoms with Gasteiger partial charge in [0.15, 0.2) is 0 Å². The molecule has 1 aromatic heterocycles. The molecule has 2 aliphatic carbocycles. The number of hydrogen-bond acceptors (Lipinski definition) is 5. The summed E-state index contributed by atoms with van der Waals surface area (Å²) in [5.74, 6) is 2.35. The first-order valence-electron chi connectivity index (χ1n) is 17.3. The lowest BCUT2D eigenvalue weighted by Gasteiger charge is -2.27. The number of nitrogens with zero attached hydrogens (tertiary/aromatic N) is 4. The van der Waals surface area contributed by atoms with Crippen molar-refractivity contribution in [2.75, 3.05) is 13.1 Å². The molecule has 2 aromatic carbocycles. The topological polar surface area (TPSA) is 108 Å². The zero-order chi connectivity index (χ0) is 31.4. The highest BCUT2D eigenvalue weighted by atomic mass is 16.2. The van der Waals surface area contributed by atoms with E-state index < -0.39 is 0 Å². The van der Waals surface area contributed by atoms with Gasteiger partial charge in [-0.15, -0.1) is 0 Å². The second kappa shape index (κ2) is 12.0. The van der Waals surface area contributed by atoms with Crippen LogP contribution in [0.25, 0.3) is 28.0 Å². The summed E-state index contributed by atoms with van der Waals surface area (Å²) in [6.45, 7) is 3.70. The quantitative estimate of drug-likeness (QED) is 0.291. The first-order valence-corrected chi connectivity index (χ1v) is 17.3. The predicted octanol–water partition coefficient (Wildman–Crippen LogP) is 6.37. The average molecular weight is 617 g/mol. The molecule has 3 aliphatic heterocycles. The molecule has 0 unspecified atom stereocenters. The normalized spacial score (nSPS) is 24.2. The molecule has 8 rings (SSSR count). The molecule has 238 valence electrons. The van der Waals surface area contributed by atoms with Gasteiger partial charge >= 0.3 is 0 Å². The third kappa shape index (κ3) is 5.61. The van der Waals surface area contributed by atoms with Crippen molar-refractivity contribution in [3.63, 3.8) is 0 Å². The summed E-state index contributed by atoms with van der Waals surface area (Å²) in [5.41, 5.74) is 14.1. The van der Waals surface area contributed by atoms with E-state index in [0.717, 1.165) is 92.0 Å². The van der Waals surface area contributed by atoms with Crippen LogP contribution < -0.4 is 5.73 Å². The number of amides is 2. The number of allylic oxidation sites excluding steroid dienone is 1. The number of carbonyl (C=O) groups is 2. The van der Waals surface area contributed by atoms with Crippen molar-refractivity contribution in [3.8, 4) is 22.4 Å². The molecule has 4 atom stereocenters. The van der Waals surface area contributed by atoms with Gasteiger partial charge in [-0.3, -0.25) is 14.6 Å². The van der Waals surface area contributed by atoms with Gasteiger partial charge in [-0.1, -0.05) is 55.5 Å². The average Bonchev–Trinajstić information content (AvgIpc) is 3.83. The minimum Gasteiger partial charge on any atom is -0.340 e. The van der Waals surface area contributed by atoms with Crippen molar-refractivity contribution >= 4 is 23.1 Å². The molecule has 2 saturated carbocycles. The number of likely N-dealkylation sites (tertiary alicyclic amines) is 2. The van der Waals surface area contributed by atoms with Gasteiger partial charge < -0.3 is 20.5 Å². The van der Waals surface area contributed by atoms with E-state index in [9.17, 15) is 9.59 Å². The van der Waals surface area contributed by atoms with E-state index in [4.69, 9.17) is 15.7 Å². The van der Waals surface area contributed by atoms with Gasteiger partial charge in [0, 0.05) is 37.3 Å². The van der Waals surface area contributed by atoms with Gasteiger partial charge in [0.05, 0.1) is 30.0 Å². The fraction of sp³-hybridized carbons (Fsp3) is 0.474. The van der Waals surface area contributed by atoms with Crippen LogP contribution in [0.15, 0.2) is 65.9 Å². The summed E-state index contributed by atoms with van der Waals surface area (Å²) in [5, 5.41) is 0. The minimum atomic E-state index is -0.353. The Hall–Kier alpha value is -4.04. The van der Waals surface area contributed by atoms with E-state index in [-0.39, 0.29) is 35.9 Å². The molecule has 0 radical (unpaired) electrons. The summed E-state index contributed by atoms with van der Waals surface area (Å²) in [6.07, 6.45) is 13.1. The van der Waals surface area contributed by atoms with Crippen LogP contribution in [-0.4, -0.2) is 62.5 Å². The van der Waals surface area contributed by atoms with Crippen molar-refractivity contribution < 1.29 is 9.59 Å². The highest BCUT2D eigenvalue weighted by Gasteiger charge is 2.41. The smallest absolute Gasteiger partial charge is 0.240 e. The Morgan fingerprint density at radius 3 is 2.02 bits per heavy atom. The van der Waals surface area contributed by atoms with Crippen molar-refractivity contribution in [2.24, 2.45) is 28.5 Å². The minimum absolute atomic E-state index is 0.0434. The molecule has 8 heteroatoms. The largest absolute Gasteiger partial charge is 0.340 e. The van der Waals surface area contributed by atoms with E-state index in [1.54, 1.807) is 0 Å². The Balaban J connectivity index is 0.896. The van der Waals surface area contributed by atoms with Crippen LogP contribution in [0, 0.1) is 17.8 Å². The van der Waals surface area contributed by atoms with Crippen LogP contribution in [0.4, 0.5) is 0 Å². The van der Waals surface area contributed by atoms with Crippen LogP contribution in [0.1, 0.15) is 82.1 Å². The SMILES string of the molecule is C[C@H](C(=O)N1CCC[C@H]1c1ncc(-c2ccc(-c3ccc(C4=CN=C([C@@H]5CCCN5C(=O)[C@@H](N)C5CC5)C4)cc3)cc2)[nH]1)C1CC1. The number of benzene rings is 2. The molecule has 46 heavy (non-hydrogen) atoms. The fourth-order valence-corrected chi connectivity index (χ4v) is 7.80. The summed E-state index contributed by atoms with van der Waals surface area (Å²) in [6, 6.07) is 17.0. The van der Waals surface area contributed by atoms with Crippen molar-refractivity contribution in [2.45, 2.75) is 82.8 Å². The maximum Gasteiger partial charge on any atom is 0.240 e. The fourth-order valence-electron chi connectivity index (χ4n) is 7.80. The summed E-state index contributed by atoms with van der Waals surface area (Å²) in [4.78, 5) is 43.3. The molecule has 4 fully saturated rings. The molecule has 2 amide bonds. The number of H-pyrrole nitrogens is 1. The maximum atomic E-state index is 13.2. The number of imidazole rings is 1. The van der Waals surface area contributed by atoms with Crippen LogP contribution >= 0.6 is 0 Å². The third-order valence-electron chi connectivity index (χ3n) is 11.0. The van der Waals surface area contributed by atoms with E-state index in [1.165, 1.54) is 24.0 Å². The predicted molar refractivity (Wildman–Crippen MR) is 180 cm³/mol. The highest BCUT2D eigenvalue weighted by Crippen LogP contribution is 2.41. The van der Waals surface area contributed by atoms with Crippen LogP contribution in [-0.2, 0) is 9.59 Å². The molecule has 8 nitrogen and oxygen atoms in total. The number of nitrogens with one attached hydrogen (secondary N) is 1. The Morgan fingerprint density at radius 1 is 0.783 bits per heavy atom. The summed E-state index contributed by atoms with van der Waals surface area (Å²) < 4.78 is 0. The van der Waals surface area contributed by atoms with Crippen molar-refractivity contribution in [3.05, 3.63) is 72.3 Å². The van der Waals surface area contributed by atoms with E-state index >= 15 is 0 Å². The second-order valence-corrected chi connectivity index (χ2v) is 14.2. The molecule has 2 saturated heterocycles. The molecular formula is C38H44N6O2. The van der Waals surface area contributed by atoms with Gasteiger partial charge in [0.2, 0.25) is 11.8 Å². The molecule has 0 spiro atoms. The van der Waals surface area contributed by atoms with E-state index in [2.05, 4.69) is 65.3 Å². The van der Waals surface area contributed by atoms with Crippen molar-refractivity contribution in [1.29, 1.82) is 0 Å². The standard InChI is InChI=1S/C38H44N6O2/c1-23(24-6-7-24)37(45)44-19-3-5-34(44)36-41-22-32(42-36)28-14-12-26(13-15-28)25-8-10-27(11-9-25)30-20-31(40-21-30)33-4-2-18-43(33)38(46)35(39)29-16-17-29/h8-15,21-24,29,33-35H,2-7,16-20,39H2,1H3,(H,41,42)/t23-,33-,34-,35-/m0/s1. The molecular weight excluding hydrogens is 572 g/mol. The van der Waals surface area contributed by atoms with Crippen LogP contribution in [0.2, 0.25) is 0 Å². The number of nitrogens with two attached hydrogens (primary N) is 1. The maximum absolute atomic E-state index is 13.2. The van der Waals surface area contributed by atoms with Gasteiger partial charge in [-0.05, 0) is 91.0 Å². The van der Waals surface area contributed by atoms with E-state index in [1.807, 2.05) is 17.3 Å². The number of rotatable bonds is 9. The molecule has 0 bridgehead atoms. The number of aromatic nitrogens is 2. The molecule has 4 heterocycles. The first kappa shape index (κ1) is 29.4. The number of carbonyl (C=O) groups excluding carboxylic acids is 2. The van der Waals surface area contributed by atoms with Crippen molar-refractivity contribution in [1.82, 2.24) is 19.8 Å². The zero-order valence-electron chi connectivity index (χ0n) is 26.7. The first-order chi connectivity index (χ1) is 22.4. The number of aliphatic imine (C=N–C) groups is 1. The Morgan fingerprint density at radius 2 is 1.37 bits per heavy atom. The Kier molecular flexibility index (Phi) is 7.63. The monoisotopic (exact) mass is 616 g/mol. The van der Waals surface area contributed by atoms with Gasteiger partial charge in [-0.2, -0.15) is 0 Å². The lowest BCUT2D eigenvalue weighted by atomic mass is 9.96. The Bertz CT molecular complexity index is 1680. The van der Waals surface area contributed by atoms with Gasteiger partial charge in [-0.25, -0.2) is 4.98 Å². The molecule has 3 N–H and O–H groups in total. The molecule has 5 aliphatic rings. The molecule has 3 aromatic rings. The Labute approximate surface area is 271 Å². The van der Waals surface area contributed by atoms with Crippen LogP contribution in [0.3, 0.4) is 0 Å². The highest BCUT2D eigenvalue weighted by molar-refractivity contribution is 6.03.